The number of nitrogens with one attached hydrogen (secondary N) is 2. The van der Waals surface area contributed by atoms with Crippen molar-refractivity contribution in [1.82, 2.24) is 14.9 Å². The Morgan fingerprint density at radius 2 is 1.32 bits per heavy atom. The highest BCUT2D eigenvalue weighted by atomic mass is 16.5. The first-order valence-corrected chi connectivity index (χ1v) is 10.3. The first-order valence-electron chi connectivity index (χ1n) is 10.3. The third-order valence-electron chi connectivity index (χ3n) is 5.72. The number of fused-ring (bicyclic) bond motifs is 2. The Labute approximate surface area is 180 Å². The Kier molecular flexibility index (Phi) is 4.92. The Hall–Kier alpha value is -3.99. The van der Waals surface area contributed by atoms with Crippen LogP contribution in [0, 0.1) is 0 Å². The van der Waals surface area contributed by atoms with Crippen LogP contribution in [0.5, 0.6) is 5.75 Å². The molecule has 0 aliphatic rings. The molecule has 0 unspecified atom stereocenters. The standard InChI is InChI=1S/C26H23N3O2/c1-31-21-10-8-18(9-11-21)26(30)29(16-19-4-2-6-24-22(19)12-14-27-24)17-20-5-3-7-25-23(20)13-15-28-25/h2-15,27-28H,16-17H2,1H3. The van der Waals surface area contributed by atoms with Gasteiger partial charge in [-0.05, 0) is 59.7 Å². The van der Waals surface area contributed by atoms with Gasteiger partial charge in [-0.1, -0.05) is 24.3 Å². The summed E-state index contributed by atoms with van der Waals surface area (Å²) < 4.78 is 5.25. The van der Waals surface area contributed by atoms with Crippen molar-refractivity contribution in [2.75, 3.05) is 7.11 Å². The van der Waals surface area contributed by atoms with E-state index in [9.17, 15) is 4.79 Å². The van der Waals surface area contributed by atoms with Crippen molar-refractivity contribution in [2.24, 2.45) is 0 Å². The zero-order valence-corrected chi connectivity index (χ0v) is 17.3. The fraction of sp³-hybridized carbons (Fsp3) is 0.115. The molecule has 5 rings (SSSR count). The van der Waals surface area contributed by atoms with E-state index in [0.29, 0.717) is 18.7 Å². The SMILES string of the molecule is COc1ccc(C(=O)N(Cc2cccc3[nH]ccc23)Cc2cccc3[nH]ccc23)cc1. The summed E-state index contributed by atoms with van der Waals surface area (Å²) in [6.45, 7) is 1.03. The second kappa shape index (κ2) is 8.03. The van der Waals surface area contributed by atoms with Crippen LogP contribution in [0.25, 0.3) is 21.8 Å². The first kappa shape index (κ1) is 19.0. The molecule has 5 aromatic rings. The molecule has 31 heavy (non-hydrogen) atoms. The van der Waals surface area contributed by atoms with Gasteiger partial charge in [-0.2, -0.15) is 0 Å². The molecular weight excluding hydrogens is 386 g/mol. The van der Waals surface area contributed by atoms with Crippen molar-refractivity contribution >= 4 is 27.7 Å². The molecule has 0 spiro atoms. The van der Waals surface area contributed by atoms with Gasteiger partial charge >= 0.3 is 0 Å². The van der Waals surface area contributed by atoms with Gasteiger partial charge in [0.15, 0.2) is 0 Å². The van der Waals surface area contributed by atoms with Crippen LogP contribution in [0.3, 0.4) is 0 Å². The molecule has 3 aromatic carbocycles. The van der Waals surface area contributed by atoms with Crippen molar-refractivity contribution in [1.29, 1.82) is 0 Å². The van der Waals surface area contributed by atoms with E-state index in [0.717, 1.165) is 38.7 Å². The maximum absolute atomic E-state index is 13.6. The summed E-state index contributed by atoms with van der Waals surface area (Å²) >= 11 is 0. The zero-order valence-electron chi connectivity index (χ0n) is 17.3. The molecule has 5 nitrogen and oxygen atoms in total. The lowest BCUT2D eigenvalue weighted by atomic mass is 10.1. The van der Waals surface area contributed by atoms with Crippen LogP contribution in [0.1, 0.15) is 21.5 Å². The molecule has 0 atom stereocenters. The van der Waals surface area contributed by atoms with Crippen molar-refractivity contribution < 1.29 is 9.53 Å². The lowest BCUT2D eigenvalue weighted by Gasteiger charge is -2.24. The minimum atomic E-state index is -0.0114. The smallest absolute Gasteiger partial charge is 0.254 e. The highest BCUT2D eigenvalue weighted by Crippen LogP contribution is 2.24. The lowest BCUT2D eigenvalue weighted by Crippen LogP contribution is -2.30. The van der Waals surface area contributed by atoms with E-state index in [1.54, 1.807) is 7.11 Å². The highest BCUT2D eigenvalue weighted by Gasteiger charge is 2.19. The number of nitrogens with zero attached hydrogens (tertiary/aromatic N) is 1. The van der Waals surface area contributed by atoms with Crippen LogP contribution in [-0.2, 0) is 13.1 Å². The number of carbonyl (C=O) groups is 1. The number of rotatable bonds is 6. The number of benzene rings is 3. The van der Waals surface area contributed by atoms with E-state index in [2.05, 4.69) is 46.4 Å². The van der Waals surface area contributed by atoms with Gasteiger partial charge < -0.3 is 19.6 Å². The highest BCUT2D eigenvalue weighted by molar-refractivity contribution is 5.95. The van der Waals surface area contributed by atoms with Gasteiger partial charge in [-0.15, -0.1) is 0 Å². The average Bonchev–Trinajstić information content (AvgIpc) is 3.48. The molecule has 154 valence electrons. The number of amides is 1. The molecule has 0 radical (unpaired) electrons. The summed E-state index contributed by atoms with van der Waals surface area (Å²) in [4.78, 5) is 22.0. The molecule has 0 saturated heterocycles. The summed E-state index contributed by atoms with van der Waals surface area (Å²) in [5.41, 5.74) is 5.01. The molecule has 0 bridgehead atoms. The third kappa shape index (κ3) is 3.66. The van der Waals surface area contributed by atoms with Gasteiger partial charge in [0.1, 0.15) is 5.75 Å². The van der Waals surface area contributed by atoms with Crippen molar-refractivity contribution in [3.63, 3.8) is 0 Å². The van der Waals surface area contributed by atoms with Crippen LogP contribution < -0.4 is 4.74 Å². The molecule has 5 heteroatoms. The Balaban J connectivity index is 1.53. The quantitative estimate of drug-likeness (QED) is 0.389. The summed E-state index contributed by atoms with van der Waals surface area (Å²) in [6.07, 6.45) is 3.87. The minimum Gasteiger partial charge on any atom is -0.497 e. The van der Waals surface area contributed by atoms with E-state index in [-0.39, 0.29) is 5.91 Å². The fourth-order valence-electron chi connectivity index (χ4n) is 4.10. The Morgan fingerprint density at radius 3 is 1.84 bits per heavy atom. The van der Waals surface area contributed by atoms with E-state index >= 15 is 0 Å². The minimum absolute atomic E-state index is 0.0114. The molecule has 0 aliphatic heterocycles. The van der Waals surface area contributed by atoms with E-state index in [4.69, 9.17) is 4.74 Å². The average molecular weight is 409 g/mol. The topological polar surface area (TPSA) is 61.1 Å². The van der Waals surface area contributed by atoms with E-state index in [1.165, 1.54) is 0 Å². The van der Waals surface area contributed by atoms with Crippen LogP contribution in [-0.4, -0.2) is 27.9 Å². The Morgan fingerprint density at radius 1 is 0.774 bits per heavy atom. The van der Waals surface area contributed by atoms with Crippen LogP contribution in [0.4, 0.5) is 0 Å². The summed E-state index contributed by atoms with van der Waals surface area (Å²) in [7, 11) is 1.62. The normalized spacial score (nSPS) is 11.1. The van der Waals surface area contributed by atoms with Crippen molar-refractivity contribution in [3.05, 3.63) is 102 Å². The molecule has 2 aromatic heterocycles. The van der Waals surface area contributed by atoms with E-state index in [1.807, 2.05) is 53.7 Å². The zero-order chi connectivity index (χ0) is 21.2. The van der Waals surface area contributed by atoms with Crippen molar-refractivity contribution in [2.45, 2.75) is 13.1 Å². The molecule has 1 amide bonds. The third-order valence-corrected chi connectivity index (χ3v) is 5.72. The summed E-state index contributed by atoms with van der Waals surface area (Å²) in [5, 5.41) is 2.27. The fourth-order valence-corrected chi connectivity index (χ4v) is 4.10. The summed E-state index contributed by atoms with van der Waals surface area (Å²) in [6, 6.07) is 23.7. The molecule has 0 saturated carbocycles. The maximum atomic E-state index is 13.6. The number of aromatic amines is 2. The number of ether oxygens (including phenoxy) is 1. The Bertz CT molecular complexity index is 1270. The summed E-state index contributed by atoms with van der Waals surface area (Å²) in [5.74, 6) is 0.722. The van der Waals surface area contributed by atoms with Gasteiger partial charge in [0.25, 0.3) is 5.91 Å². The van der Waals surface area contributed by atoms with Crippen LogP contribution in [0.2, 0.25) is 0 Å². The largest absolute Gasteiger partial charge is 0.497 e. The molecule has 0 fully saturated rings. The number of hydrogen-bond acceptors (Lipinski definition) is 2. The number of hydrogen-bond donors (Lipinski definition) is 2. The second-order valence-electron chi connectivity index (χ2n) is 7.60. The second-order valence-corrected chi connectivity index (χ2v) is 7.60. The predicted octanol–water partition coefficient (Wildman–Crippen LogP) is 5.50. The predicted molar refractivity (Wildman–Crippen MR) is 123 cm³/mol. The molecule has 0 aliphatic carbocycles. The van der Waals surface area contributed by atoms with E-state index < -0.39 is 0 Å². The van der Waals surface area contributed by atoms with Gasteiger partial charge in [0.05, 0.1) is 7.11 Å². The molecule has 2 heterocycles. The van der Waals surface area contributed by atoms with Gasteiger partial charge in [0.2, 0.25) is 0 Å². The van der Waals surface area contributed by atoms with Crippen LogP contribution >= 0.6 is 0 Å². The first-order chi connectivity index (χ1) is 15.2. The lowest BCUT2D eigenvalue weighted by molar-refractivity contribution is 0.0731. The monoisotopic (exact) mass is 409 g/mol. The van der Waals surface area contributed by atoms with Gasteiger partial charge in [-0.3, -0.25) is 4.79 Å². The number of carbonyl (C=O) groups excluding carboxylic acids is 1. The maximum Gasteiger partial charge on any atom is 0.254 e. The van der Waals surface area contributed by atoms with Crippen LogP contribution in [0.15, 0.2) is 85.2 Å². The van der Waals surface area contributed by atoms with Gasteiger partial charge in [0, 0.05) is 52.9 Å². The number of methoxy groups -OCH3 is 1. The number of aromatic nitrogens is 2. The van der Waals surface area contributed by atoms with Gasteiger partial charge in [-0.25, -0.2) is 0 Å². The number of H-pyrrole nitrogens is 2. The van der Waals surface area contributed by atoms with Crippen molar-refractivity contribution in [3.8, 4) is 5.75 Å². The molecule has 2 N–H and O–H groups in total. The molecular formula is C26H23N3O2.